The van der Waals surface area contributed by atoms with Gasteiger partial charge in [-0.1, -0.05) is 11.6 Å². The van der Waals surface area contributed by atoms with Gasteiger partial charge in [-0.05, 0) is 28.1 Å². The van der Waals surface area contributed by atoms with Gasteiger partial charge in [0.1, 0.15) is 0 Å². The Bertz CT molecular complexity index is 521. The third-order valence-electron chi connectivity index (χ3n) is 1.86. The summed E-state index contributed by atoms with van der Waals surface area (Å²) in [5.41, 5.74) is 0.291. The van der Waals surface area contributed by atoms with Crippen LogP contribution >= 0.6 is 38.9 Å². The molecule has 0 fully saturated rings. The highest BCUT2D eigenvalue weighted by atomic mass is 79.9. The van der Waals surface area contributed by atoms with Gasteiger partial charge in [-0.3, -0.25) is 0 Å². The number of carbonyl (C=O) groups is 1. The zero-order valence-corrected chi connectivity index (χ0v) is 9.91. The Hall–Kier alpha value is -0.580. The van der Waals surface area contributed by atoms with Crippen molar-refractivity contribution in [1.29, 1.82) is 0 Å². The quantitative estimate of drug-likeness (QED) is 0.862. The van der Waals surface area contributed by atoms with Crippen LogP contribution in [0.2, 0.25) is 5.02 Å². The third kappa shape index (κ3) is 1.43. The fourth-order valence-corrected chi connectivity index (χ4v) is 3.01. The number of carboxylic acid groups (broad SMARTS) is 1. The Morgan fingerprint density at radius 1 is 1.50 bits per heavy atom. The number of carboxylic acids is 1. The van der Waals surface area contributed by atoms with Gasteiger partial charge in [-0.15, -0.1) is 11.3 Å². The lowest BCUT2D eigenvalue weighted by Gasteiger charge is -1.98. The summed E-state index contributed by atoms with van der Waals surface area (Å²) in [6.07, 6.45) is 0. The Balaban J connectivity index is 2.89. The maximum atomic E-state index is 10.9. The highest BCUT2D eigenvalue weighted by Crippen LogP contribution is 2.36. The zero-order valence-electron chi connectivity index (χ0n) is 6.75. The second-order valence-electron chi connectivity index (χ2n) is 2.69. The van der Waals surface area contributed by atoms with Crippen molar-refractivity contribution >= 4 is 54.9 Å². The van der Waals surface area contributed by atoms with E-state index in [9.17, 15) is 4.79 Å². The van der Waals surface area contributed by atoms with E-state index in [1.165, 1.54) is 11.3 Å². The summed E-state index contributed by atoms with van der Waals surface area (Å²) in [4.78, 5) is 10.9. The van der Waals surface area contributed by atoms with E-state index >= 15 is 0 Å². The molecule has 5 heteroatoms. The van der Waals surface area contributed by atoms with Crippen LogP contribution in [0.15, 0.2) is 22.0 Å². The van der Waals surface area contributed by atoms with Gasteiger partial charge < -0.3 is 5.11 Å². The molecule has 2 aromatic rings. The number of hydrogen-bond donors (Lipinski definition) is 1. The SMILES string of the molecule is O=C(O)c1csc2ccc(Cl)c(Br)c12. The molecular weight excluding hydrogens is 288 g/mol. The first-order valence-electron chi connectivity index (χ1n) is 3.69. The fourth-order valence-electron chi connectivity index (χ4n) is 1.22. The van der Waals surface area contributed by atoms with Crippen molar-refractivity contribution in [3.63, 3.8) is 0 Å². The van der Waals surface area contributed by atoms with Gasteiger partial charge in [-0.2, -0.15) is 0 Å². The van der Waals surface area contributed by atoms with Crippen molar-refractivity contribution < 1.29 is 9.90 Å². The van der Waals surface area contributed by atoms with Crippen LogP contribution in [0.1, 0.15) is 10.4 Å². The van der Waals surface area contributed by atoms with Crippen molar-refractivity contribution in [2.24, 2.45) is 0 Å². The minimum absolute atomic E-state index is 0.291. The summed E-state index contributed by atoms with van der Waals surface area (Å²) in [6, 6.07) is 3.57. The number of halogens is 2. The van der Waals surface area contributed by atoms with Gasteiger partial charge in [0, 0.05) is 19.9 Å². The molecular formula is C9H4BrClO2S. The lowest BCUT2D eigenvalue weighted by Crippen LogP contribution is -1.93. The van der Waals surface area contributed by atoms with Gasteiger partial charge in [0.2, 0.25) is 0 Å². The minimum atomic E-state index is -0.931. The summed E-state index contributed by atoms with van der Waals surface area (Å²) in [7, 11) is 0. The van der Waals surface area contributed by atoms with E-state index in [2.05, 4.69) is 15.9 Å². The summed E-state index contributed by atoms with van der Waals surface area (Å²) in [5.74, 6) is -0.931. The van der Waals surface area contributed by atoms with Crippen LogP contribution in [0.25, 0.3) is 10.1 Å². The molecule has 0 aliphatic carbocycles. The average molecular weight is 292 g/mol. The second kappa shape index (κ2) is 3.53. The molecule has 2 rings (SSSR count). The van der Waals surface area contributed by atoms with E-state index < -0.39 is 5.97 Å². The number of thiophene rings is 1. The number of aromatic carboxylic acids is 1. The molecule has 0 spiro atoms. The molecule has 2 nitrogen and oxygen atoms in total. The van der Waals surface area contributed by atoms with Gasteiger partial charge in [0.25, 0.3) is 0 Å². The molecule has 1 aromatic carbocycles. The Labute approximate surface area is 97.2 Å². The predicted octanol–water partition coefficient (Wildman–Crippen LogP) is 4.02. The largest absolute Gasteiger partial charge is 0.478 e. The van der Waals surface area contributed by atoms with Crippen molar-refractivity contribution in [2.75, 3.05) is 0 Å². The van der Waals surface area contributed by atoms with E-state index in [1.54, 1.807) is 11.4 Å². The first-order valence-corrected chi connectivity index (χ1v) is 5.75. The van der Waals surface area contributed by atoms with E-state index in [0.29, 0.717) is 20.4 Å². The molecule has 1 N–H and O–H groups in total. The molecule has 0 unspecified atom stereocenters. The highest BCUT2D eigenvalue weighted by Gasteiger charge is 2.14. The van der Waals surface area contributed by atoms with Gasteiger partial charge in [0.05, 0.1) is 10.6 Å². The lowest BCUT2D eigenvalue weighted by atomic mass is 10.2. The van der Waals surface area contributed by atoms with E-state index in [-0.39, 0.29) is 0 Å². The molecule has 0 saturated carbocycles. The van der Waals surface area contributed by atoms with Crippen LogP contribution in [0.5, 0.6) is 0 Å². The van der Waals surface area contributed by atoms with Crippen molar-refractivity contribution in [3.05, 3.63) is 32.6 Å². The third-order valence-corrected chi connectivity index (χ3v) is 4.17. The topological polar surface area (TPSA) is 37.3 Å². The van der Waals surface area contributed by atoms with E-state index in [4.69, 9.17) is 16.7 Å². The lowest BCUT2D eigenvalue weighted by molar-refractivity contribution is 0.0699. The van der Waals surface area contributed by atoms with Crippen molar-refractivity contribution in [3.8, 4) is 0 Å². The summed E-state index contributed by atoms with van der Waals surface area (Å²) < 4.78 is 1.56. The predicted molar refractivity (Wildman–Crippen MR) is 61.5 cm³/mol. The van der Waals surface area contributed by atoms with Crippen molar-refractivity contribution in [2.45, 2.75) is 0 Å². The molecule has 72 valence electrons. The molecule has 0 bridgehead atoms. The molecule has 0 amide bonds. The van der Waals surface area contributed by atoms with Crippen LogP contribution in [0, 0.1) is 0 Å². The number of fused-ring (bicyclic) bond motifs is 1. The van der Waals surface area contributed by atoms with Crippen LogP contribution in [0.3, 0.4) is 0 Å². The molecule has 0 radical (unpaired) electrons. The second-order valence-corrected chi connectivity index (χ2v) is 4.80. The summed E-state index contributed by atoms with van der Waals surface area (Å²) in [6.45, 7) is 0. The first-order chi connectivity index (χ1) is 6.61. The molecule has 1 aromatic heterocycles. The normalized spacial score (nSPS) is 10.7. The van der Waals surface area contributed by atoms with E-state index in [1.807, 2.05) is 6.07 Å². The van der Waals surface area contributed by atoms with Gasteiger partial charge >= 0.3 is 5.97 Å². The highest BCUT2D eigenvalue weighted by molar-refractivity contribution is 9.10. The standard InChI is InChI=1S/C9H4BrClO2S/c10-8-5(11)1-2-6-7(8)4(3-14-6)9(12)13/h1-3H,(H,12,13). The molecule has 14 heavy (non-hydrogen) atoms. The first kappa shape index (κ1) is 9.96. The van der Waals surface area contributed by atoms with Crippen LogP contribution < -0.4 is 0 Å². The van der Waals surface area contributed by atoms with Crippen molar-refractivity contribution in [1.82, 2.24) is 0 Å². The average Bonchev–Trinajstić information content (AvgIpc) is 2.55. The van der Waals surface area contributed by atoms with Crippen LogP contribution in [-0.2, 0) is 0 Å². The van der Waals surface area contributed by atoms with Gasteiger partial charge in [-0.25, -0.2) is 4.79 Å². The zero-order chi connectivity index (χ0) is 10.3. The minimum Gasteiger partial charge on any atom is -0.478 e. The maximum Gasteiger partial charge on any atom is 0.337 e. The number of benzene rings is 1. The molecule has 0 atom stereocenters. The van der Waals surface area contributed by atoms with Crippen LogP contribution in [0.4, 0.5) is 0 Å². The monoisotopic (exact) mass is 290 g/mol. The summed E-state index contributed by atoms with van der Waals surface area (Å²) >= 11 is 10.6. The number of rotatable bonds is 1. The Kier molecular flexibility index (Phi) is 2.51. The van der Waals surface area contributed by atoms with Gasteiger partial charge in [0.15, 0.2) is 0 Å². The number of hydrogen-bond acceptors (Lipinski definition) is 2. The molecule has 0 saturated heterocycles. The Morgan fingerprint density at radius 3 is 2.86 bits per heavy atom. The van der Waals surface area contributed by atoms with E-state index in [0.717, 1.165) is 4.70 Å². The maximum absolute atomic E-state index is 10.9. The molecule has 1 heterocycles. The fraction of sp³-hybridized carbons (Fsp3) is 0. The summed E-state index contributed by atoms with van der Waals surface area (Å²) in [5, 5.41) is 11.8. The molecule has 0 aliphatic heterocycles. The Morgan fingerprint density at radius 2 is 2.21 bits per heavy atom. The molecule has 0 aliphatic rings. The smallest absolute Gasteiger partial charge is 0.337 e. The van der Waals surface area contributed by atoms with Crippen LogP contribution in [-0.4, -0.2) is 11.1 Å².